The van der Waals surface area contributed by atoms with Crippen LogP contribution in [-0.4, -0.2) is 18.7 Å². The average Bonchev–Trinajstić information content (AvgIpc) is 3.76. The van der Waals surface area contributed by atoms with Gasteiger partial charge >= 0.3 is 5.89 Å². The number of aromatic nitrogens is 3. The summed E-state index contributed by atoms with van der Waals surface area (Å²) < 4.78 is 47.5. The second-order valence-corrected chi connectivity index (χ2v) is 17.2. The van der Waals surface area contributed by atoms with Crippen molar-refractivity contribution >= 4 is 87.2 Å². The summed E-state index contributed by atoms with van der Waals surface area (Å²) in [5.41, 5.74) is 7.42. The fraction of sp³-hybridized carbons (Fsp3) is 0.279. The number of allylic oxidation sites excluding steroid dienone is 4. The van der Waals surface area contributed by atoms with Crippen molar-refractivity contribution in [2.45, 2.75) is 59.4 Å². The first-order valence-electron chi connectivity index (χ1n) is 18.0. The van der Waals surface area contributed by atoms with E-state index in [-0.39, 0.29) is 5.75 Å². The third-order valence-electron chi connectivity index (χ3n) is 9.45. The Kier molecular flexibility index (Phi) is 12.4. The minimum Gasteiger partial charge on any atom is -0.748 e. The number of aryl methyl sites for hydroxylation is 4. The first kappa shape index (κ1) is 38.3. The Morgan fingerprint density at radius 3 is 2.19 bits per heavy atom. The highest BCUT2D eigenvalue weighted by Gasteiger charge is 2.23. The number of unbranched alkanes of at least 4 members (excludes halogenated alkanes) is 1. The first-order chi connectivity index (χ1) is 25.5. The minimum atomic E-state index is -4.16. The molecule has 0 aliphatic heterocycles. The van der Waals surface area contributed by atoms with E-state index in [2.05, 4.69) is 102 Å². The van der Waals surface area contributed by atoms with Crippen molar-refractivity contribution in [1.82, 2.24) is 0 Å². The van der Waals surface area contributed by atoms with Gasteiger partial charge in [-0.25, -0.2) is 8.42 Å². The van der Waals surface area contributed by atoms with Gasteiger partial charge in [0.25, 0.3) is 10.5 Å². The molecule has 8 rings (SSSR count). The van der Waals surface area contributed by atoms with Crippen LogP contribution in [0.25, 0.3) is 54.5 Å². The maximum atomic E-state index is 10.8. The van der Waals surface area contributed by atoms with Crippen LogP contribution in [-0.2, 0) is 30.8 Å². The van der Waals surface area contributed by atoms with Crippen LogP contribution in [0.5, 0.6) is 0 Å². The highest BCUT2D eigenvalue weighted by atomic mass is 32.2. The van der Waals surface area contributed by atoms with Crippen LogP contribution < -0.4 is 13.7 Å². The molecule has 0 saturated carbocycles. The van der Waals surface area contributed by atoms with E-state index in [1.807, 2.05) is 78.1 Å². The monoisotopic (exact) mass is 765 g/mol. The van der Waals surface area contributed by atoms with Gasteiger partial charge in [-0.05, 0) is 74.8 Å². The molecule has 0 N–H and O–H groups in total. The molecule has 1 aliphatic rings. The number of benzene rings is 4. The van der Waals surface area contributed by atoms with E-state index in [4.69, 9.17) is 4.42 Å². The molecule has 0 unspecified atom stereocenters. The standard InChI is InChI=1S/C18H19NO4S.C16H18NS.C9H10NS/c1-2-7-17-19(12-5-6-13-24(20,21)22)18-15-9-4-3-8-14(15)10-11-16(18)23-17;1-12-6-5-7-13(10-12)11-16-17(2)14-8-3-4-9-15(14)18-16;1-7-10(2)8-5-3-4-6-9(8)11-7/h2-4,7-11H,5-6,12-13H2,1H3;3-4,8-11H,5-7H2,1-2H3;3-6H,1-2H3/q;2*+1/b7-2+;13-11+;. The van der Waals surface area contributed by atoms with Gasteiger partial charge in [-0.15, -0.1) is 0 Å². The van der Waals surface area contributed by atoms with Gasteiger partial charge in [0, 0.05) is 43.4 Å². The highest BCUT2D eigenvalue weighted by Crippen LogP contribution is 2.27. The fourth-order valence-corrected chi connectivity index (χ4v) is 9.37. The third kappa shape index (κ3) is 9.37. The number of hydrogen-bond acceptors (Lipinski definition) is 6. The lowest BCUT2D eigenvalue weighted by molar-refractivity contribution is -0.677. The normalized spacial score (nSPS) is 14.2. The van der Waals surface area contributed by atoms with Crippen LogP contribution in [0.4, 0.5) is 0 Å². The molecule has 1 aliphatic carbocycles. The number of para-hydroxylation sites is 2. The predicted molar refractivity (Wildman–Crippen MR) is 219 cm³/mol. The van der Waals surface area contributed by atoms with E-state index in [1.165, 1.54) is 60.9 Å². The van der Waals surface area contributed by atoms with Crippen molar-refractivity contribution in [1.29, 1.82) is 0 Å². The van der Waals surface area contributed by atoms with Gasteiger partial charge in [0.2, 0.25) is 21.6 Å². The number of fused-ring (bicyclic) bond motifs is 5. The van der Waals surface area contributed by atoms with Crippen molar-refractivity contribution in [2.24, 2.45) is 14.1 Å². The molecule has 0 radical (unpaired) electrons. The molecule has 7 nitrogen and oxygen atoms in total. The number of rotatable bonds is 7. The first-order valence-corrected chi connectivity index (χ1v) is 21.2. The van der Waals surface area contributed by atoms with Crippen molar-refractivity contribution in [3.8, 4) is 0 Å². The van der Waals surface area contributed by atoms with Crippen molar-refractivity contribution in [2.75, 3.05) is 5.75 Å². The Balaban J connectivity index is 0.000000145. The average molecular weight is 766 g/mol. The Bertz CT molecular complexity index is 2590. The summed E-state index contributed by atoms with van der Waals surface area (Å²) in [6, 6.07) is 29.1. The number of oxazole rings is 1. The predicted octanol–water partition coefficient (Wildman–Crippen LogP) is 9.51. The molecule has 3 aromatic heterocycles. The quantitative estimate of drug-likeness (QED) is 0.0920. The highest BCUT2D eigenvalue weighted by molar-refractivity contribution is 7.85. The second-order valence-electron chi connectivity index (χ2n) is 13.4. The van der Waals surface area contributed by atoms with Gasteiger partial charge in [0.15, 0.2) is 6.54 Å². The largest absolute Gasteiger partial charge is 0.748 e. The minimum absolute atomic E-state index is 0.330. The molecule has 4 aromatic carbocycles. The van der Waals surface area contributed by atoms with E-state index >= 15 is 0 Å². The Morgan fingerprint density at radius 1 is 0.830 bits per heavy atom. The Hall–Kier alpha value is -4.48. The molecule has 0 atom stereocenters. The topological polar surface area (TPSA) is 82.0 Å². The molecule has 0 saturated heterocycles. The van der Waals surface area contributed by atoms with Gasteiger partial charge < -0.3 is 8.97 Å². The Labute approximate surface area is 320 Å². The van der Waals surface area contributed by atoms with Crippen LogP contribution >= 0.6 is 22.7 Å². The summed E-state index contributed by atoms with van der Waals surface area (Å²) in [7, 11) is 0.103. The smallest absolute Gasteiger partial charge is 0.373 e. The lowest BCUT2D eigenvalue weighted by atomic mass is 9.96. The van der Waals surface area contributed by atoms with Crippen LogP contribution in [0.3, 0.4) is 0 Å². The summed E-state index contributed by atoms with van der Waals surface area (Å²) in [5.74, 6) is 0.386. The van der Waals surface area contributed by atoms with E-state index in [0.29, 0.717) is 25.3 Å². The third-order valence-corrected chi connectivity index (χ3v) is 12.5. The van der Waals surface area contributed by atoms with E-state index in [9.17, 15) is 13.0 Å². The maximum absolute atomic E-state index is 10.8. The second kappa shape index (κ2) is 17.1. The summed E-state index contributed by atoms with van der Waals surface area (Å²) in [4.78, 5) is 0. The van der Waals surface area contributed by atoms with Crippen LogP contribution in [0.2, 0.25) is 0 Å². The molecule has 0 amide bonds. The lowest BCUT2D eigenvalue weighted by Gasteiger charge is -2.10. The molecule has 53 heavy (non-hydrogen) atoms. The van der Waals surface area contributed by atoms with Crippen LogP contribution in [0.15, 0.2) is 113 Å². The summed E-state index contributed by atoms with van der Waals surface area (Å²) in [6.45, 7) is 6.89. The zero-order chi connectivity index (χ0) is 37.5. The summed E-state index contributed by atoms with van der Waals surface area (Å²) >= 11 is 3.72. The van der Waals surface area contributed by atoms with Gasteiger partial charge in [-0.1, -0.05) is 88.9 Å². The Morgan fingerprint density at radius 2 is 1.51 bits per heavy atom. The molecular formula is C43H47N3O4S3+2. The SMILES string of the molecule is C/C=C/c1oc2ccc3ccccc3c2[n+]1CCCCS(=O)(=O)[O-].CC1=C/C(=C/c2sc3ccccc3[n+]2C)CCC1.Cc1sc2ccccc2[n+]1C. The molecule has 274 valence electrons. The van der Waals surface area contributed by atoms with Gasteiger partial charge in [0.05, 0.1) is 15.5 Å². The number of thiazole rings is 2. The molecule has 10 heteroatoms. The van der Waals surface area contributed by atoms with Crippen LogP contribution in [0.1, 0.15) is 61.9 Å². The molecule has 0 fully saturated rings. The molecule has 3 heterocycles. The molecule has 0 bridgehead atoms. The maximum Gasteiger partial charge on any atom is 0.373 e. The number of hydrogen-bond donors (Lipinski definition) is 0. The van der Waals surface area contributed by atoms with Crippen molar-refractivity contribution < 1.29 is 31.1 Å². The van der Waals surface area contributed by atoms with Crippen LogP contribution in [0, 0.1) is 6.92 Å². The molecule has 0 spiro atoms. The molecule has 7 aromatic rings. The summed E-state index contributed by atoms with van der Waals surface area (Å²) in [5, 5.41) is 4.91. The van der Waals surface area contributed by atoms with Gasteiger partial charge in [0.1, 0.15) is 23.5 Å². The van der Waals surface area contributed by atoms with E-state index in [0.717, 1.165) is 21.9 Å². The van der Waals surface area contributed by atoms with Gasteiger partial charge in [-0.2, -0.15) is 13.7 Å². The zero-order valence-electron chi connectivity index (χ0n) is 31.0. The van der Waals surface area contributed by atoms with Crippen molar-refractivity contribution in [3.05, 3.63) is 124 Å². The van der Waals surface area contributed by atoms with E-state index in [1.54, 1.807) is 0 Å². The fourth-order valence-electron chi connectivity index (χ4n) is 6.68. The lowest BCUT2D eigenvalue weighted by Crippen LogP contribution is -2.35. The summed E-state index contributed by atoms with van der Waals surface area (Å²) in [6.07, 6.45) is 13.2. The van der Waals surface area contributed by atoms with Crippen molar-refractivity contribution in [3.63, 3.8) is 0 Å². The number of nitrogens with zero attached hydrogens (tertiary/aromatic N) is 3. The molecular weight excluding hydrogens is 719 g/mol. The zero-order valence-corrected chi connectivity index (χ0v) is 33.5. The van der Waals surface area contributed by atoms with Gasteiger partial charge in [-0.3, -0.25) is 0 Å². The van der Waals surface area contributed by atoms with E-state index < -0.39 is 10.1 Å².